The molecule has 80 valence electrons. The maximum atomic E-state index is 11.3. The van der Waals surface area contributed by atoms with Gasteiger partial charge in [-0.25, -0.2) is 0 Å². The average Bonchev–Trinajstić information content (AvgIpc) is 2.11. The number of hydrogen-bond donors (Lipinski definition) is 1. The monoisotopic (exact) mass is 200 g/mol. The summed E-state index contributed by atoms with van der Waals surface area (Å²) in [4.78, 5) is 23.8. The molecule has 1 heterocycles. The molecule has 14 heavy (non-hydrogen) atoms. The Bertz CT molecular complexity index is 250. The SMILES string of the molecule is CC(C)(CN)CN1CC(=O)OCC1=O. The van der Waals surface area contributed by atoms with Gasteiger partial charge < -0.3 is 15.4 Å². The van der Waals surface area contributed by atoms with Crippen LogP contribution in [0.25, 0.3) is 0 Å². The fourth-order valence-corrected chi connectivity index (χ4v) is 1.25. The zero-order valence-electron chi connectivity index (χ0n) is 8.58. The number of rotatable bonds is 3. The van der Waals surface area contributed by atoms with Crippen molar-refractivity contribution < 1.29 is 14.3 Å². The summed E-state index contributed by atoms with van der Waals surface area (Å²) in [6, 6.07) is 0. The molecule has 1 rings (SSSR count). The largest absolute Gasteiger partial charge is 0.454 e. The first kappa shape index (κ1) is 11.0. The molecule has 0 aromatic carbocycles. The number of carbonyl (C=O) groups is 2. The molecular formula is C9H16N2O3. The maximum absolute atomic E-state index is 11.3. The highest BCUT2D eigenvalue weighted by Gasteiger charge is 2.29. The van der Waals surface area contributed by atoms with Crippen LogP contribution in [0.3, 0.4) is 0 Å². The van der Waals surface area contributed by atoms with E-state index in [2.05, 4.69) is 4.74 Å². The van der Waals surface area contributed by atoms with E-state index < -0.39 is 0 Å². The molecule has 0 bridgehead atoms. The summed E-state index contributed by atoms with van der Waals surface area (Å²) in [5.74, 6) is -0.497. The van der Waals surface area contributed by atoms with Crippen molar-refractivity contribution in [1.82, 2.24) is 4.90 Å². The molecule has 0 atom stereocenters. The van der Waals surface area contributed by atoms with Crippen molar-refractivity contribution in [3.63, 3.8) is 0 Å². The number of nitrogens with zero attached hydrogens (tertiary/aromatic N) is 1. The predicted octanol–water partition coefficient (Wildman–Crippen LogP) is -0.643. The number of esters is 1. The van der Waals surface area contributed by atoms with Gasteiger partial charge in [0.1, 0.15) is 6.54 Å². The first-order chi connectivity index (χ1) is 6.44. The molecule has 1 aliphatic rings. The van der Waals surface area contributed by atoms with Gasteiger partial charge in [0.2, 0.25) is 0 Å². The second-order valence-corrected chi connectivity index (χ2v) is 4.28. The summed E-state index contributed by atoms with van der Waals surface area (Å²) in [5.41, 5.74) is 5.39. The zero-order chi connectivity index (χ0) is 10.8. The van der Waals surface area contributed by atoms with Crippen LogP contribution in [0.4, 0.5) is 0 Å². The van der Waals surface area contributed by atoms with Crippen molar-refractivity contribution >= 4 is 11.9 Å². The molecule has 0 aromatic rings. The van der Waals surface area contributed by atoms with Gasteiger partial charge in [0, 0.05) is 6.54 Å². The summed E-state index contributed by atoms with van der Waals surface area (Å²) in [7, 11) is 0. The first-order valence-corrected chi connectivity index (χ1v) is 4.58. The molecule has 1 saturated heterocycles. The molecule has 0 unspecified atom stereocenters. The smallest absolute Gasteiger partial charge is 0.326 e. The number of nitrogens with two attached hydrogens (primary N) is 1. The van der Waals surface area contributed by atoms with Gasteiger partial charge in [-0.2, -0.15) is 0 Å². The minimum atomic E-state index is -0.350. The number of carbonyl (C=O) groups excluding carboxylic acids is 2. The van der Waals surface area contributed by atoms with Gasteiger partial charge in [-0.15, -0.1) is 0 Å². The van der Waals surface area contributed by atoms with E-state index in [1.807, 2.05) is 13.8 Å². The van der Waals surface area contributed by atoms with Crippen molar-refractivity contribution in [2.45, 2.75) is 13.8 Å². The van der Waals surface area contributed by atoms with Crippen LogP contribution in [0.5, 0.6) is 0 Å². The number of amides is 1. The average molecular weight is 200 g/mol. The lowest BCUT2D eigenvalue weighted by atomic mass is 9.93. The van der Waals surface area contributed by atoms with Crippen LogP contribution >= 0.6 is 0 Å². The molecule has 0 saturated carbocycles. The topological polar surface area (TPSA) is 72.6 Å². The molecule has 0 aromatic heterocycles. The Morgan fingerprint density at radius 1 is 1.50 bits per heavy atom. The highest BCUT2D eigenvalue weighted by Crippen LogP contribution is 2.16. The lowest BCUT2D eigenvalue weighted by molar-refractivity contribution is -0.163. The minimum absolute atomic E-state index is 0.0439. The van der Waals surface area contributed by atoms with Gasteiger partial charge in [0.15, 0.2) is 6.61 Å². The van der Waals surface area contributed by atoms with Crippen molar-refractivity contribution in [3.05, 3.63) is 0 Å². The van der Waals surface area contributed by atoms with Crippen molar-refractivity contribution in [1.29, 1.82) is 0 Å². The van der Waals surface area contributed by atoms with E-state index in [9.17, 15) is 9.59 Å². The maximum Gasteiger partial charge on any atom is 0.326 e. The Morgan fingerprint density at radius 3 is 2.71 bits per heavy atom. The van der Waals surface area contributed by atoms with Crippen molar-refractivity contribution in [2.75, 3.05) is 26.2 Å². The Labute approximate surface area is 83.2 Å². The molecule has 0 aliphatic carbocycles. The van der Waals surface area contributed by atoms with Crippen LogP contribution in [0.15, 0.2) is 0 Å². The predicted molar refractivity (Wildman–Crippen MR) is 50.4 cm³/mol. The fraction of sp³-hybridized carbons (Fsp3) is 0.778. The van der Waals surface area contributed by atoms with E-state index in [0.717, 1.165) is 0 Å². The van der Waals surface area contributed by atoms with Gasteiger partial charge in [-0.3, -0.25) is 9.59 Å². The Kier molecular flexibility index (Phi) is 3.10. The highest BCUT2D eigenvalue weighted by atomic mass is 16.5. The van der Waals surface area contributed by atoms with Crippen LogP contribution in [0.2, 0.25) is 0 Å². The van der Waals surface area contributed by atoms with Gasteiger partial charge in [-0.1, -0.05) is 13.8 Å². The standard InChI is InChI=1S/C9H16N2O3/c1-9(2,5-10)6-11-3-8(13)14-4-7(11)12/h3-6,10H2,1-2H3. The van der Waals surface area contributed by atoms with Crippen molar-refractivity contribution in [3.8, 4) is 0 Å². The van der Waals surface area contributed by atoms with Crippen LogP contribution < -0.4 is 5.73 Å². The Morgan fingerprint density at radius 2 is 2.14 bits per heavy atom. The fourth-order valence-electron chi connectivity index (χ4n) is 1.25. The zero-order valence-corrected chi connectivity index (χ0v) is 8.58. The number of morpholine rings is 1. The Hall–Kier alpha value is -1.10. The van der Waals surface area contributed by atoms with Gasteiger partial charge in [-0.05, 0) is 12.0 Å². The first-order valence-electron chi connectivity index (χ1n) is 4.58. The van der Waals surface area contributed by atoms with E-state index >= 15 is 0 Å². The molecule has 0 spiro atoms. The second-order valence-electron chi connectivity index (χ2n) is 4.28. The third-order valence-electron chi connectivity index (χ3n) is 2.20. The molecule has 1 aliphatic heterocycles. The van der Waals surface area contributed by atoms with E-state index in [1.54, 1.807) is 0 Å². The molecule has 5 heteroatoms. The van der Waals surface area contributed by atoms with Gasteiger partial charge >= 0.3 is 5.97 Å². The summed E-state index contributed by atoms with van der Waals surface area (Å²) in [6.45, 7) is 4.80. The van der Waals surface area contributed by atoms with E-state index in [4.69, 9.17) is 5.73 Å². The quantitative estimate of drug-likeness (QED) is 0.615. The number of hydrogen-bond acceptors (Lipinski definition) is 4. The van der Waals surface area contributed by atoms with Crippen LogP contribution in [-0.4, -0.2) is 43.0 Å². The molecule has 1 amide bonds. The summed E-state index contributed by atoms with van der Waals surface area (Å²) < 4.78 is 4.61. The van der Waals surface area contributed by atoms with Gasteiger partial charge in [0.25, 0.3) is 5.91 Å². The number of ether oxygens (including phenoxy) is 1. The third kappa shape index (κ3) is 2.70. The third-order valence-corrected chi connectivity index (χ3v) is 2.20. The highest BCUT2D eigenvalue weighted by molar-refractivity contribution is 5.88. The molecule has 0 radical (unpaired) electrons. The molecule has 2 N–H and O–H groups in total. The van der Waals surface area contributed by atoms with E-state index in [0.29, 0.717) is 13.1 Å². The summed E-state index contributed by atoms with van der Waals surface area (Å²) >= 11 is 0. The normalized spacial score (nSPS) is 18.4. The molecular weight excluding hydrogens is 184 g/mol. The molecule has 5 nitrogen and oxygen atoms in total. The van der Waals surface area contributed by atoms with E-state index in [1.165, 1.54) is 4.90 Å². The lowest BCUT2D eigenvalue weighted by Crippen LogP contribution is -2.49. The van der Waals surface area contributed by atoms with Crippen LogP contribution in [-0.2, 0) is 14.3 Å². The van der Waals surface area contributed by atoms with Crippen molar-refractivity contribution in [2.24, 2.45) is 11.1 Å². The van der Waals surface area contributed by atoms with Gasteiger partial charge in [0.05, 0.1) is 0 Å². The van der Waals surface area contributed by atoms with Crippen LogP contribution in [0, 0.1) is 5.41 Å². The molecule has 1 fully saturated rings. The Balaban J connectivity index is 2.58. The lowest BCUT2D eigenvalue weighted by Gasteiger charge is -2.33. The summed E-state index contributed by atoms with van der Waals surface area (Å²) in [6.07, 6.45) is 0. The minimum Gasteiger partial charge on any atom is -0.454 e. The second kappa shape index (κ2) is 3.96. The summed E-state index contributed by atoms with van der Waals surface area (Å²) in [5, 5.41) is 0. The van der Waals surface area contributed by atoms with Crippen LogP contribution in [0.1, 0.15) is 13.8 Å². The van der Waals surface area contributed by atoms with E-state index in [-0.39, 0.29) is 30.4 Å². The number of cyclic esters (lactones) is 1.